The molecule has 0 unspecified atom stereocenters. The van der Waals surface area contributed by atoms with Gasteiger partial charge in [0.05, 0.1) is 0 Å². The third kappa shape index (κ3) is 5.48. The lowest BCUT2D eigenvalue weighted by Crippen LogP contribution is -2.50. The Labute approximate surface area is 425 Å². The van der Waals surface area contributed by atoms with E-state index in [-0.39, 0.29) is 23.7 Å². The molecule has 0 amide bonds. The van der Waals surface area contributed by atoms with Crippen LogP contribution < -0.4 is 63.7 Å². The van der Waals surface area contributed by atoms with Gasteiger partial charge in [-0.15, -0.1) is 0 Å². The van der Waals surface area contributed by atoms with Crippen LogP contribution in [-0.4, -0.2) is 0 Å². The highest BCUT2D eigenvalue weighted by Gasteiger charge is 2.56. The number of benzene rings is 8. The summed E-state index contributed by atoms with van der Waals surface area (Å²) in [5.74, 6) is -0.533. The summed E-state index contributed by atoms with van der Waals surface area (Å²) in [6, 6.07) is 49.4. The summed E-state index contributed by atoms with van der Waals surface area (Å²) in [6.07, 6.45) is 3.02. The molecule has 0 radical (unpaired) electrons. The molecule has 8 aromatic rings. The van der Waals surface area contributed by atoms with Crippen molar-refractivity contribution in [1.82, 2.24) is 0 Å². The average molecular weight is 1020 g/mol. The maximum atomic E-state index is 18.0. The van der Waals surface area contributed by atoms with Crippen molar-refractivity contribution in [2.24, 2.45) is 0 Å². The molecule has 4 aliphatic rings. The van der Waals surface area contributed by atoms with Gasteiger partial charge >= 0.3 is 0 Å². The molecule has 0 bridgehead atoms. The number of rotatable bonds is 8. The standard InChI is InChI=1S/C64H60O4P4/c1-9-45-49-33-51-46(10-2)53-35-55-48(12-4)56-36-54-47(11-3)52-34-50(45)58-38(6)60(52)71(67,43-29-21-15-22-30-43)62(54)40(8)64(56)72(68,44-31-23-16-24-32-44)63(55)39(7)61(53)70(66,42-27-19-14-20-28-42)59(51)37(5)57(49)69(58,65)41-25-17-13-18-26-41/h13-36,45-48H,9-12H2,1-8H3. The van der Waals surface area contributed by atoms with Gasteiger partial charge in [0.25, 0.3) is 0 Å². The molecule has 72 heavy (non-hydrogen) atoms. The molecule has 0 spiro atoms. The molecule has 4 heterocycles. The summed E-state index contributed by atoms with van der Waals surface area (Å²) in [4.78, 5) is 0. The molecule has 12 rings (SSSR count). The molecule has 8 aromatic carbocycles. The van der Waals surface area contributed by atoms with Crippen molar-refractivity contribution in [3.8, 4) is 0 Å². The monoisotopic (exact) mass is 1020 g/mol. The van der Waals surface area contributed by atoms with Crippen LogP contribution in [0, 0.1) is 27.7 Å². The van der Waals surface area contributed by atoms with E-state index in [1.54, 1.807) is 0 Å². The van der Waals surface area contributed by atoms with Gasteiger partial charge < -0.3 is 18.3 Å². The van der Waals surface area contributed by atoms with Crippen LogP contribution >= 0.6 is 28.6 Å². The first-order chi connectivity index (χ1) is 34.8. The van der Waals surface area contributed by atoms with Crippen molar-refractivity contribution in [2.45, 2.75) is 105 Å². The van der Waals surface area contributed by atoms with Crippen molar-refractivity contribution in [3.63, 3.8) is 0 Å². The molecule has 0 saturated heterocycles. The first-order valence-corrected chi connectivity index (χ1v) is 33.0. The zero-order valence-corrected chi connectivity index (χ0v) is 46.0. The lowest BCUT2D eigenvalue weighted by atomic mass is 9.77. The second-order valence-electron chi connectivity index (χ2n) is 21.1. The van der Waals surface area contributed by atoms with Crippen molar-refractivity contribution < 1.29 is 18.3 Å². The highest BCUT2D eigenvalue weighted by Crippen LogP contribution is 2.64. The van der Waals surface area contributed by atoms with E-state index in [2.05, 4.69) is 79.7 Å². The third-order valence-electron chi connectivity index (χ3n) is 17.9. The Balaban J connectivity index is 1.36. The van der Waals surface area contributed by atoms with Gasteiger partial charge in [0.2, 0.25) is 0 Å². The van der Waals surface area contributed by atoms with E-state index in [1.807, 2.05) is 121 Å². The lowest BCUT2D eigenvalue weighted by Gasteiger charge is -2.46. The average Bonchev–Trinajstić information content (AvgIpc) is 3.39. The Morgan fingerprint density at radius 2 is 0.431 bits per heavy atom. The van der Waals surface area contributed by atoms with Gasteiger partial charge in [-0.3, -0.25) is 0 Å². The molecule has 0 saturated carbocycles. The van der Waals surface area contributed by atoms with Gasteiger partial charge in [-0.2, -0.15) is 0 Å². The van der Waals surface area contributed by atoms with Crippen LogP contribution in [0.15, 0.2) is 146 Å². The largest absolute Gasteiger partial charge is 0.309 e. The maximum absolute atomic E-state index is 18.0. The molecular formula is C64H60O4P4. The third-order valence-corrected chi connectivity index (χ3v) is 31.8. The molecule has 8 heteroatoms. The fourth-order valence-corrected chi connectivity index (χ4v) is 30.4. The highest BCUT2D eigenvalue weighted by molar-refractivity contribution is 7.89. The molecule has 0 fully saturated rings. The van der Waals surface area contributed by atoms with Gasteiger partial charge in [0, 0.05) is 87.3 Å². The van der Waals surface area contributed by atoms with Crippen LogP contribution in [0.3, 0.4) is 0 Å². The summed E-state index contributed by atoms with van der Waals surface area (Å²) in [7, 11) is -15.5. The smallest absolute Gasteiger partial charge is 0.172 e. The van der Waals surface area contributed by atoms with Crippen molar-refractivity contribution in [3.05, 3.63) is 212 Å². The minimum absolute atomic E-state index is 0.133. The second kappa shape index (κ2) is 16.1. The Kier molecular flexibility index (Phi) is 10.4. The lowest BCUT2D eigenvalue weighted by molar-refractivity contribution is 0.590. The second-order valence-corrected chi connectivity index (χ2v) is 31.6. The summed E-state index contributed by atoms with van der Waals surface area (Å²) >= 11 is 0. The molecule has 0 atom stereocenters. The molecule has 0 aliphatic carbocycles. The first-order valence-electron chi connectivity index (χ1n) is 26.1. The molecule has 360 valence electrons. The quantitative estimate of drug-likeness (QED) is 0.142. The Bertz CT molecular complexity index is 3230. The van der Waals surface area contributed by atoms with Gasteiger partial charge in [0.1, 0.15) is 0 Å². The minimum atomic E-state index is -3.87. The van der Waals surface area contributed by atoms with E-state index >= 15 is 18.3 Å². The van der Waals surface area contributed by atoms with Gasteiger partial charge in [-0.05, 0) is 120 Å². The number of hydrogen-bond acceptors (Lipinski definition) is 4. The summed E-state index contributed by atoms with van der Waals surface area (Å²) < 4.78 is 71.9. The fraction of sp³-hybridized carbons (Fsp3) is 0.250. The normalized spacial score (nSPS) is 26.4. The maximum Gasteiger partial charge on any atom is 0.172 e. The Hall–Kier alpha value is -5.32. The van der Waals surface area contributed by atoms with Crippen LogP contribution in [0.25, 0.3) is 0 Å². The SMILES string of the molecule is CCC1c2cc3c4c(C)c2P(=O)(c2ccccc2)c2c1cc1c(c2C)P(=O)(c2ccccc2)c2c(cc5c(c2C)P(=O)(c2ccccc2)c2c(cc(c(c2C)P4(=O)c2ccccc2)C3CC)C5CC)C1CC. The molecular weight excluding hydrogens is 957 g/mol. The molecule has 4 nitrogen and oxygen atoms in total. The molecule has 0 N–H and O–H groups in total. The van der Waals surface area contributed by atoms with Gasteiger partial charge in [-0.25, -0.2) is 0 Å². The Morgan fingerprint density at radius 3 is 0.569 bits per heavy atom. The van der Waals surface area contributed by atoms with E-state index in [0.717, 1.165) is 156 Å². The van der Waals surface area contributed by atoms with Crippen molar-refractivity contribution >= 4 is 92.2 Å². The zero-order chi connectivity index (χ0) is 50.0. The van der Waals surface area contributed by atoms with Crippen LogP contribution in [0.4, 0.5) is 0 Å². The van der Waals surface area contributed by atoms with E-state index in [4.69, 9.17) is 0 Å². The first kappa shape index (κ1) is 46.5. The predicted octanol–water partition coefficient (Wildman–Crippen LogP) is 11.2. The van der Waals surface area contributed by atoms with Crippen LogP contribution in [0.2, 0.25) is 0 Å². The number of hydrogen-bond donors (Lipinski definition) is 0. The Morgan fingerprint density at radius 1 is 0.278 bits per heavy atom. The minimum Gasteiger partial charge on any atom is -0.309 e. The topological polar surface area (TPSA) is 68.3 Å². The van der Waals surface area contributed by atoms with Crippen molar-refractivity contribution in [1.29, 1.82) is 0 Å². The van der Waals surface area contributed by atoms with E-state index in [1.165, 1.54) is 0 Å². The molecule has 0 aromatic heterocycles. The van der Waals surface area contributed by atoms with Gasteiger partial charge in [-0.1, -0.05) is 173 Å². The van der Waals surface area contributed by atoms with E-state index < -0.39 is 28.6 Å². The van der Waals surface area contributed by atoms with Crippen LogP contribution in [0.1, 0.15) is 144 Å². The number of fused-ring (bicyclic) bond motifs is 8. The summed E-state index contributed by atoms with van der Waals surface area (Å²) in [5, 5.41) is 9.07. The zero-order valence-electron chi connectivity index (χ0n) is 42.4. The summed E-state index contributed by atoms with van der Waals surface area (Å²) in [6.45, 7) is 17.4. The van der Waals surface area contributed by atoms with Gasteiger partial charge in [0.15, 0.2) is 28.6 Å². The van der Waals surface area contributed by atoms with E-state index in [9.17, 15) is 0 Å². The fourth-order valence-electron chi connectivity index (χ4n) is 15.3. The van der Waals surface area contributed by atoms with Crippen LogP contribution in [-0.2, 0) is 18.3 Å². The molecule has 4 aliphatic heterocycles. The highest BCUT2D eigenvalue weighted by atomic mass is 31.2. The van der Waals surface area contributed by atoms with Crippen molar-refractivity contribution in [2.75, 3.05) is 0 Å². The summed E-state index contributed by atoms with van der Waals surface area (Å²) in [5.41, 5.74) is 11.7. The van der Waals surface area contributed by atoms with E-state index in [0.29, 0.717) is 0 Å². The van der Waals surface area contributed by atoms with Crippen LogP contribution in [0.5, 0.6) is 0 Å². The predicted molar refractivity (Wildman–Crippen MR) is 305 cm³/mol.